The fraction of sp³-hybridized carbons (Fsp3) is 0.375. The summed E-state index contributed by atoms with van der Waals surface area (Å²) in [7, 11) is -1.69. The molecule has 1 heterocycles. The molecule has 1 N–H and O–H groups in total. The number of ether oxygens (including phenoxy) is 4. The highest BCUT2D eigenvalue weighted by molar-refractivity contribution is 6.83. The summed E-state index contributed by atoms with van der Waals surface area (Å²) in [5.41, 5.74) is 6.50. The molecule has 4 rings (SSSR count). The third kappa shape index (κ3) is 8.64. The van der Waals surface area contributed by atoms with E-state index in [2.05, 4.69) is 31.1 Å². The Morgan fingerprint density at radius 1 is 0.711 bits per heavy atom. The maximum atomic E-state index is 11.4. The van der Waals surface area contributed by atoms with E-state index in [1.165, 1.54) is 0 Å². The smallest absolute Gasteiger partial charge is 0.146 e. The van der Waals surface area contributed by atoms with Crippen LogP contribution < -0.4 is 0 Å². The molecule has 6 heteroatoms. The normalized spacial score (nSPS) is 23.4. The summed E-state index contributed by atoms with van der Waals surface area (Å²) in [5.74, 6) is 3.22. The minimum Gasteiger partial charge on any atom is -0.387 e. The zero-order valence-corrected chi connectivity index (χ0v) is 23.5. The molecular formula is C32H38O5Si. The van der Waals surface area contributed by atoms with Gasteiger partial charge in [0.25, 0.3) is 0 Å². The Morgan fingerprint density at radius 3 is 1.68 bits per heavy atom. The molecule has 5 atom stereocenters. The molecule has 0 aliphatic carbocycles. The fourth-order valence-corrected chi connectivity index (χ4v) is 4.84. The van der Waals surface area contributed by atoms with Crippen molar-refractivity contribution < 1.29 is 24.1 Å². The molecule has 0 spiro atoms. The summed E-state index contributed by atoms with van der Waals surface area (Å²) < 4.78 is 25.3. The molecule has 0 saturated carbocycles. The Balaban J connectivity index is 1.56. The van der Waals surface area contributed by atoms with Crippen molar-refractivity contribution in [1.82, 2.24) is 0 Å². The van der Waals surface area contributed by atoms with Gasteiger partial charge in [0, 0.05) is 0 Å². The third-order valence-electron chi connectivity index (χ3n) is 6.21. The number of aliphatic hydroxyl groups excluding tert-OH is 1. The lowest BCUT2D eigenvalue weighted by molar-refractivity contribution is -0.249. The molecule has 1 aliphatic heterocycles. The second-order valence-corrected chi connectivity index (χ2v) is 15.4. The molecule has 200 valence electrons. The zero-order valence-electron chi connectivity index (χ0n) is 22.5. The van der Waals surface area contributed by atoms with Crippen LogP contribution in [0.1, 0.15) is 16.7 Å². The van der Waals surface area contributed by atoms with E-state index in [-0.39, 0.29) is 6.61 Å². The first-order valence-electron chi connectivity index (χ1n) is 13.2. The predicted molar refractivity (Wildman–Crippen MR) is 152 cm³/mol. The van der Waals surface area contributed by atoms with Crippen molar-refractivity contribution in [3.63, 3.8) is 0 Å². The summed E-state index contributed by atoms with van der Waals surface area (Å²) in [5, 5.41) is 11.4. The maximum absolute atomic E-state index is 11.4. The average Bonchev–Trinajstić information content (AvgIpc) is 2.92. The number of hydrogen-bond acceptors (Lipinski definition) is 5. The van der Waals surface area contributed by atoms with Gasteiger partial charge < -0.3 is 24.1 Å². The van der Waals surface area contributed by atoms with Crippen molar-refractivity contribution >= 4 is 8.07 Å². The lowest BCUT2D eigenvalue weighted by Gasteiger charge is -2.43. The summed E-state index contributed by atoms with van der Waals surface area (Å²) >= 11 is 0. The second kappa shape index (κ2) is 13.9. The molecule has 1 aliphatic rings. The van der Waals surface area contributed by atoms with Crippen LogP contribution in [0.3, 0.4) is 0 Å². The van der Waals surface area contributed by atoms with E-state index in [4.69, 9.17) is 18.9 Å². The molecule has 0 radical (unpaired) electrons. The van der Waals surface area contributed by atoms with E-state index in [0.717, 1.165) is 16.7 Å². The van der Waals surface area contributed by atoms with Gasteiger partial charge in [-0.1, -0.05) is 117 Å². The van der Waals surface area contributed by atoms with E-state index in [1.54, 1.807) is 0 Å². The van der Waals surface area contributed by atoms with Crippen LogP contribution in [0.25, 0.3) is 0 Å². The standard InChI is InChI=1S/C32H38O5Si/c1-38(2,3)20-19-28-30(33)32(36-23-27-17-11-6-12-18-27)31(35-22-26-15-9-5-10-16-26)29(37-28)24-34-21-25-13-7-4-8-14-25/h4-18,28-33H,21-24H2,1-3H3/t28-,29+,30-,31+,32+/m0/s1. The molecule has 1 fully saturated rings. The lowest BCUT2D eigenvalue weighted by Crippen LogP contribution is -2.60. The Bertz CT molecular complexity index is 1150. The molecular weight excluding hydrogens is 492 g/mol. The highest BCUT2D eigenvalue weighted by Gasteiger charge is 2.46. The molecule has 0 bridgehead atoms. The van der Waals surface area contributed by atoms with E-state index in [9.17, 15) is 5.11 Å². The van der Waals surface area contributed by atoms with Gasteiger partial charge in [0.15, 0.2) is 0 Å². The van der Waals surface area contributed by atoms with Gasteiger partial charge in [0.1, 0.15) is 38.6 Å². The minimum absolute atomic E-state index is 0.289. The van der Waals surface area contributed by atoms with Crippen LogP contribution in [0.5, 0.6) is 0 Å². The van der Waals surface area contributed by atoms with Crippen molar-refractivity contribution in [3.8, 4) is 11.5 Å². The largest absolute Gasteiger partial charge is 0.387 e. The Labute approximate surface area is 227 Å². The Kier molecular flexibility index (Phi) is 10.3. The highest BCUT2D eigenvalue weighted by Crippen LogP contribution is 2.28. The summed E-state index contributed by atoms with van der Waals surface area (Å²) in [4.78, 5) is 0. The van der Waals surface area contributed by atoms with Crippen molar-refractivity contribution in [2.45, 2.75) is 70.0 Å². The van der Waals surface area contributed by atoms with E-state index >= 15 is 0 Å². The Morgan fingerprint density at radius 2 is 1.18 bits per heavy atom. The monoisotopic (exact) mass is 530 g/mol. The van der Waals surface area contributed by atoms with Crippen LogP contribution in [0.4, 0.5) is 0 Å². The molecule has 38 heavy (non-hydrogen) atoms. The maximum Gasteiger partial charge on any atom is 0.146 e. The molecule has 0 aromatic heterocycles. The quantitative estimate of drug-likeness (QED) is 0.282. The van der Waals surface area contributed by atoms with Gasteiger partial charge in [-0.2, -0.15) is 0 Å². The van der Waals surface area contributed by atoms with Crippen LogP contribution in [0, 0.1) is 11.5 Å². The van der Waals surface area contributed by atoms with Gasteiger partial charge in [0.2, 0.25) is 0 Å². The van der Waals surface area contributed by atoms with Crippen molar-refractivity contribution in [3.05, 3.63) is 108 Å². The average molecular weight is 531 g/mol. The van der Waals surface area contributed by atoms with E-state index in [0.29, 0.717) is 19.8 Å². The summed E-state index contributed by atoms with van der Waals surface area (Å²) in [6, 6.07) is 30.0. The number of benzene rings is 3. The van der Waals surface area contributed by atoms with Crippen LogP contribution in [0.2, 0.25) is 19.6 Å². The van der Waals surface area contributed by atoms with Crippen LogP contribution in [-0.4, -0.2) is 50.3 Å². The van der Waals surface area contributed by atoms with Crippen molar-refractivity contribution in [2.75, 3.05) is 6.61 Å². The summed E-state index contributed by atoms with van der Waals surface area (Å²) in [6.45, 7) is 7.97. The molecule has 1 saturated heterocycles. The van der Waals surface area contributed by atoms with Gasteiger partial charge in [-0.25, -0.2) is 0 Å². The van der Waals surface area contributed by atoms with Gasteiger partial charge in [-0.15, -0.1) is 5.54 Å². The van der Waals surface area contributed by atoms with Crippen molar-refractivity contribution in [2.24, 2.45) is 0 Å². The molecule has 5 nitrogen and oxygen atoms in total. The van der Waals surface area contributed by atoms with Crippen LogP contribution >= 0.6 is 0 Å². The molecule has 0 unspecified atom stereocenters. The topological polar surface area (TPSA) is 57.2 Å². The Hall–Kier alpha value is -2.76. The van der Waals surface area contributed by atoms with Crippen LogP contribution in [0.15, 0.2) is 91.0 Å². The first-order valence-corrected chi connectivity index (χ1v) is 16.7. The number of rotatable bonds is 10. The zero-order chi connectivity index (χ0) is 26.8. The summed E-state index contributed by atoms with van der Waals surface area (Å²) in [6.07, 6.45) is -3.31. The SMILES string of the molecule is C[Si](C)(C)C#C[C@@H]1O[C@H](COCc2ccccc2)[C@@H](OCc2ccccc2)[C@H](OCc2ccccc2)[C@H]1O. The number of aliphatic hydroxyl groups is 1. The fourth-order valence-electron chi connectivity index (χ4n) is 4.26. The first-order chi connectivity index (χ1) is 18.4. The van der Waals surface area contributed by atoms with Gasteiger partial charge in [-0.3, -0.25) is 0 Å². The number of hydrogen-bond donors (Lipinski definition) is 1. The highest BCUT2D eigenvalue weighted by atomic mass is 28.3. The second-order valence-electron chi connectivity index (χ2n) is 10.6. The molecule has 3 aromatic rings. The molecule has 0 amide bonds. The predicted octanol–water partition coefficient (Wildman–Crippen LogP) is 5.38. The minimum atomic E-state index is -1.69. The van der Waals surface area contributed by atoms with Crippen LogP contribution in [-0.2, 0) is 38.8 Å². The lowest BCUT2D eigenvalue weighted by atomic mass is 9.94. The first kappa shape index (κ1) is 28.3. The van der Waals surface area contributed by atoms with E-state index in [1.807, 2.05) is 91.0 Å². The van der Waals surface area contributed by atoms with Gasteiger partial charge in [0.05, 0.1) is 26.4 Å². The van der Waals surface area contributed by atoms with Gasteiger partial charge in [-0.05, 0) is 16.7 Å². The molecule has 3 aromatic carbocycles. The van der Waals surface area contributed by atoms with Crippen molar-refractivity contribution in [1.29, 1.82) is 0 Å². The van der Waals surface area contributed by atoms with E-state index < -0.39 is 38.6 Å². The third-order valence-corrected chi connectivity index (χ3v) is 7.11. The van der Waals surface area contributed by atoms with Gasteiger partial charge >= 0.3 is 0 Å².